The standard InChI is InChI=1S/C8H16O/c1-7-5-3-2-4-6-8(7)9/h7-9H,2-6H2,1H3/t7?,8-/m0/s1. The van der Waals surface area contributed by atoms with Crippen LogP contribution in [0.5, 0.6) is 0 Å². The van der Waals surface area contributed by atoms with E-state index in [9.17, 15) is 5.11 Å². The first kappa shape index (κ1) is 7.07. The van der Waals surface area contributed by atoms with Gasteiger partial charge in [0.15, 0.2) is 0 Å². The summed E-state index contributed by atoms with van der Waals surface area (Å²) >= 11 is 0. The van der Waals surface area contributed by atoms with E-state index in [2.05, 4.69) is 6.92 Å². The first-order chi connectivity index (χ1) is 4.30. The molecule has 0 saturated heterocycles. The monoisotopic (exact) mass is 128 g/mol. The SMILES string of the molecule is CC1CCCCC[C@@H]1O. The lowest BCUT2D eigenvalue weighted by Gasteiger charge is -2.13. The normalized spacial score (nSPS) is 38.0. The van der Waals surface area contributed by atoms with Crippen LogP contribution in [0.3, 0.4) is 0 Å². The molecule has 1 unspecified atom stereocenters. The minimum absolute atomic E-state index is 0.00694. The summed E-state index contributed by atoms with van der Waals surface area (Å²) in [6.45, 7) is 2.15. The van der Waals surface area contributed by atoms with Crippen LogP contribution in [0.2, 0.25) is 0 Å². The summed E-state index contributed by atoms with van der Waals surface area (Å²) in [5.41, 5.74) is 0. The van der Waals surface area contributed by atoms with Crippen LogP contribution < -0.4 is 0 Å². The molecule has 0 amide bonds. The Balaban J connectivity index is 2.32. The molecule has 0 aromatic heterocycles. The second kappa shape index (κ2) is 3.21. The van der Waals surface area contributed by atoms with Gasteiger partial charge in [-0.3, -0.25) is 0 Å². The van der Waals surface area contributed by atoms with Crippen molar-refractivity contribution in [2.24, 2.45) is 5.92 Å². The van der Waals surface area contributed by atoms with Crippen LogP contribution in [0.4, 0.5) is 0 Å². The van der Waals surface area contributed by atoms with Crippen molar-refractivity contribution in [1.29, 1.82) is 0 Å². The molecular weight excluding hydrogens is 112 g/mol. The number of aliphatic hydroxyl groups is 1. The summed E-state index contributed by atoms with van der Waals surface area (Å²) in [4.78, 5) is 0. The second-order valence-corrected chi connectivity index (χ2v) is 3.18. The first-order valence-electron chi connectivity index (χ1n) is 3.99. The molecular formula is C8H16O. The lowest BCUT2D eigenvalue weighted by atomic mass is 10.0. The molecule has 0 aromatic carbocycles. The lowest BCUT2D eigenvalue weighted by molar-refractivity contribution is 0.110. The molecule has 1 fully saturated rings. The van der Waals surface area contributed by atoms with Crippen molar-refractivity contribution in [3.8, 4) is 0 Å². The molecule has 0 heterocycles. The van der Waals surface area contributed by atoms with Gasteiger partial charge >= 0.3 is 0 Å². The van der Waals surface area contributed by atoms with Gasteiger partial charge < -0.3 is 5.11 Å². The van der Waals surface area contributed by atoms with Crippen LogP contribution in [0.15, 0.2) is 0 Å². The van der Waals surface area contributed by atoms with Crippen molar-refractivity contribution in [3.63, 3.8) is 0 Å². The van der Waals surface area contributed by atoms with Gasteiger partial charge in [0, 0.05) is 0 Å². The van der Waals surface area contributed by atoms with Crippen molar-refractivity contribution in [2.45, 2.75) is 45.1 Å². The molecule has 1 aliphatic carbocycles. The van der Waals surface area contributed by atoms with E-state index in [-0.39, 0.29) is 6.10 Å². The van der Waals surface area contributed by atoms with Gasteiger partial charge in [0.25, 0.3) is 0 Å². The first-order valence-corrected chi connectivity index (χ1v) is 3.99. The predicted molar refractivity (Wildman–Crippen MR) is 38.3 cm³/mol. The Morgan fingerprint density at radius 1 is 1.11 bits per heavy atom. The van der Waals surface area contributed by atoms with E-state index in [0.29, 0.717) is 5.92 Å². The average Bonchev–Trinajstić information content (AvgIpc) is 1.99. The Bertz CT molecular complexity index is 70.6. The van der Waals surface area contributed by atoms with Gasteiger partial charge in [-0.2, -0.15) is 0 Å². The van der Waals surface area contributed by atoms with Gasteiger partial charge in [-0.1, -0.05) is 26.2 Å². The van der Waals surface area contributed by atoms with Crippen molar-refractivity contribution < 1.29 is 5.11 Å². The fourth-order valence-corrected chi connectivity index (χ4v) is 1.47. The maximum absolute atomic E-state index is 9.36. The molecule has 1 saturated carbocycles. The third-order valence-electron chi connectivity index (χ3n) is 2.32. The summed E-state index contributed by atoms with van der Waals surface area (Å²) in [5.74, 6) is 0.549. The highest BCUT2D eigenvalue weighted by Gasteiger charge is 2.15. The minimum atomic E-state index is -0.00694. The zero-order valence-corrected chi connectivity index (χ0v) is 6.14. The van der Waals surface area contributed by atoms with E-state index in [4.69, 9.17) is 0 Å². The van der Waals surface area contributed by atoms with Crippen LogP contribution >= 0.6 is 0 Å². The third kappa shape index (κ3) is 1.98. The van der Waals surface area contributed by atoms with Crippen molar-refractivity contribution in [2.75, 3.05) is 0 Å². The van der Waals surface area contributed by atoms with Crippen LogP contribution in [-0.2, 0) is 0 Å². The maximum Gasteiger partial charge on any atom is 0.0565 e. The number of rotatable bonds is 0. The topological polar surface area (TPSA) is 20.2 Å². The number of hydrogen-bond acceptors (Lipinski definition) is 1. The van der Waals surface area contributed by atoms with Crippen LogP contribution in [0.1, 0.15) is 39.0 Å². The van der Waals surface area contributed by atoms with Gasteiger partial charge in [-0.15, -0.1) is 0 Å². The number of hydrogen-bond donors (Lipinski definition) is 1. The Hall–Kier alpha value is -0.0400. The molecule has 0 aliphatic heterocycles. The molecule has 1 nitrogen and oxygen atoms in total. The Kier molecular flexibility index (Phi) is 2.52. The molecule has 2 atom stereocenters. The molecule has 1 N–H and O–H groups in total. The molecule has 9 heavy (non-hydrogen) atoms. The van der Waals surface area contributed by atoms with E-state index in [1.807, 2.05) is 0 Å². The zero-order chi connectivity index (χ0) is 6.69. The Morgan fingerprint density at radius 3 is 2.56 bits per heavy atom. The maximum atomic E-state index is 9.36. The number of aliphatic hydroxyl groups excluding tert-OH is 1. The summed E-state index contributed by atoms with van der Waals surface area (Å²) < 4.78 is 0. The smallest absolute Gasteiger partial charge is 0.0565 e. The van der Waals surface area contributed by atoms with Gasteiger partial charge in [-0.25, -0.2) is 0 Å². The molecule has 0 radical (unpaired) electrons. The highest BCUT2D eigenvalue weighted by atomic mass is 16.3. The molecule has 0 spiro atoms. The summed E-state index contributed by atoms with van der Waals surface area (Å²) in [6.07, 6.45) is 6.11. The highest BCUT2D eigenvalue weighted by molar-refractivity contribution is 4.68. The van der Waals surface area contributed by atoms with Crippen molar-refractivity contribution in [1.82, 2.24) is 0 Å². The van der Waals surface area contributed by atoms with Crippen molar-refractivity contribution >= 4 is 0 Å². The van der Waals surface area contributed by atoms with E-state index < -0.39 is 0 Å². The van der Waals surface area contributed by atoms with E-state index in [1.165, 1.54) is 25.7 Å². The minimum Gasteiger partial charge on any atom is -0.393 e. The molecule has 1 heteroatoms. The second-order valence-electron chi connectivity index (χ2n) is 3.18. The van der Waals surface area contributed by atoms with Gasteiger partial charge in [0.2, 0.25) is 0 Å². The Labute approximate surface area is 57.1 Å². The van der Waals surface area contributed by atoms with Crippen LogP contribution in [0.25, 0.3) is 0 Å². The van der Waals surface area contributed by atoms with Crippen molar-refractivity contribution in [3.05, 3.63) is 0 Å². The van der Waals surface area contributed by atoms with Gasteiger partial charge in [0.05, 0.1) is 6.10 Å². The van der Waals surface area contributed by atoms with Crippen LogP contribution in [-0.4, -0.2) is 11.2 Å². The highest BCUT2D eigenvalue weighted by Crippen LogP contribution is 2.22. The lowest BCUT2D eigenvalue weighted by Crippen LogP contribution is -2.14. The fourth-order valence-electron chi connectivity index (χ4n) is 1.47. The summed E-state index contributed by atoms with van der Waals surface area (Å²) in [5, 5.41) is 9.36. The largest absolute Gasteiger partial charge is 0.393 e. The summed E-state index contributed by atoms with van der Waals surface area (Å²) in [7, 11) is 0. The van der Waals surface area contributed by atoms with Gasteiger partial charge in [0.1, 0.15) is 0 Å². The third-order valence-corrected chi connectivity index (χ3v) is 2.32. The zero-order valence-electron chi connectivity index (χ0n) is 6.14. The van der Waals surface area contributed by atoms with Gasteiger partial charge in [-0.05, 0) is 18.8 Å². The Morgan fingerprint density at radius 2 is 1.78 bits per heavy atom. The fraction of sp³-hybridized carbons (Fsp3) is 1.00. The average molecular weight is 128 g/mol. The molecule has 1 aliphatic rings. The van der Waals surface area contributed by atoms with E-state index in [1.54, 1.807) is 0 Å². The summed E-state index contributed by atoms with van der Waals surface area (Å²) in [6, 6.07) is 0. The predicted octanol–water partition coefficient (Wildman–Crippen LogP) is 1.95. The quantitative estimate of drug-likeness (QED) is 0.494. The van der Waals surface area contributed by atoms with E-state index in [0.717, 1.165) is 6.42 Å². The van der Waals surface area contributed by atoms with Crippen LogP contribution in [0, 0.1) is 5.92 Å². The molecule has 0 aromatic rings. The molecule has 54 valence electrons. The van der Waals surface area contributed by atoms with E-state index >= 15 is 0 Å². The molecule has 0 bridgehead atoms. The molecule has 1 rings (SSSR count).